The molecule has 2 aromatic carbocycles. The Labute approximate surface area is 228 Å². The van der Waals surface area contributed by atoms with Crippen molar-refractivity contribution in [3.05, 3.63) is 113 Å². The van der Waals surface area contributed by atoms with Crippen LogP contribution < -0.4 is 10.1 Å². The number of nitrogens with zero attached hydrogens (tertiary/aromatic N) is 4. The first-order chi connectivity index (χ1) is 19.0. The number of rotatable bonds is 9. The summed E-state index contributed by atoms with van der Waals surface area (Å²) in [6.07, 6.45) is 3.24. The molecule has 0 saturated heterocycles. The van der Waals surface area contributed by atoms with Crippen molar-refractivity contribution in [1.29, 1.82) is 0 Å². The summed E-state index contributed by atoms with van der Waals surface area (Å²) in [6, 6.07) is 22.1. The summed E-state index contributed by atoms with van der Waals surface area (Å²) in [6.45, 7) is 2.18. The molecule has 0 radical (unpaired) electrons. The van der Waals surface area contributed by atoms with Gasteiger partial charge in [0.2, 0.25) is 0 Å². The predicted molar refractivity (Wildman–Crippen MR) is 146 cm³/mol. The lowest BCUT2D eigenvalue weighted by atomic mass is 10.0. The smallest absolute Gasteiger partial charge is 0.330 e. The highest BCUT2D eigenvalue weighted by Gasteiger charge is 2.22. The fourth-order valence-electron chi connectivity index (χ4n) is 3.90. The Kier molecular flexibility index (Phi) is 7.65. The summed E-state index contributed by atoms with van der Waals surface area (Å²) in [5, 5.41) is 13.0. The van der Waals surface area contributed by atoms with Crippen LogP contribution in [0.2, 0.25) is 0 Å². The molecule has 0 spiro atoms. The van der Waals surface area contributed by atoms with Gasteiger partial charge in [-0.1, -0.05) is 48.5 Å². The van der Waals surface area contributed by atoms with Crippen LogP contribution in [0, 0.1) is 6.92 Å². The van der Waals surface area contributed by atoms with Crippen molar-refractivity contribution >= 4 is 23.2 Å². The third-order valence-corrected chi connectivity index (χ3v) is 6.94. The van der Waals surface area contributed by atoms with E-state index >= 15 is 0 Å². The van der Waals surface area contributed by atoms with Crippen LogP contribution in [0.3, 0.4) is 0 Å². The van der Waals surface area contributed by atoms with Crippen molar-refractivity contribution in [2.24, 2.45) is 0 Å². The molecule has 2 N–H and O–H groups in total. The zero-order valence-corrected chi connectivity index (χ0v) is 21.6. The number of ether oxygens (including phenoxy) is 1. The van der Waals surface area contributed by atoms with Gasteiger partial charge in [-0.3, -0.25) is 4.79 Å². The standard InChI is InChI=1S/C29H23N5O4S/c1-18-26(39-24(32-18)17-38-29-30-15-6-16-31-29)23-10-5-9-22(33-23)19-11-13-21(14-12-19)27(35)34-25(28(36)37)20-7-3-2-4-8-20/h2-16,25H,17H2,1H3,(H,34,35)(H,36,37)/t25-/m1/s1. The van der Waals surface area contributed by atoms with Crippen molar-refractivity contribution in [2.75, 3.05) is 0 Å². The van der Waals surface area contributed by atoms with Crippen LogP contribution in [0.15, 0.2) is 91.3 Å². The average Bonchev–Trinajstić information content (AvgIpc) is 3.36. The van der Waals surface area contributed by atoms with Gasteiger partial charge in [-0.05, 0) is 42.8 Å². The van der Waals surface area contributed by atoms with Crippen LogP contribution in [0.5, 0.6) is 6.01 Å². The Morgan fingerprint density at radius 2 is 1.62 bits per heavy atom. The number of carboxylic acids is 1. The molecule has 194 valence electrons. The molecule has 0 saturated carbocycles. The topological polar surface area (TPSA) is 127 Å². The molecule has 39 heavy (non-hydrogen) atoms. The van der Waals surface area contributed by atoms with Crippen LogP contribution in [0.4, 0.5) is 0 Å². The molecular weight excluding hydrogens is 514 g/mol. The van der Waals surface area contributed by atoms with E-state index in [9.17, 15) is 14.7 Å². The first-order valence-corrected chi connectivity index (χ1v) is 12.8. The Morgan fingerprint density at radius 3 is 2.33 bits per heavy atom. The quantitative estimate of drug-likeness (QED) is 0.266. The molecule has 5 rings (SSSR count). The second-order valence-electron chi connectivity index (χ2n) is 8.48. The summed E-state index contributed by atoms with van der Waals surface area (Å²) in [5.41, 5.74) is 4.02. The summed E-state index contributed by atoms with van der Waals surface area (Å²) in [4.78, 5) is 43.0. The Morgan fingerprint density at radius 1 is 0.897 bits per heavy atom. The summed E-state index contributed by atoms with van der Waals surface area (Å²) in [7, 11) is 0. The molecule has 5 aromatic rings. The summed E-state index contributed by atoms with van der Waals surface area (Å²) < 4.78 is 5.62. The number of aliphatic carboxylic acids is 1. The Hall–Kier alpha value is -4.96. The maximum atomic E-state index is 12.8. The molecule has 3 heterocycles. The van der Waals surface area contributed by atoms with Gasteiger partial charge in [-0.15, -0.1) is 11.3 Å². The minimum absolute atomic E-state index is 0.256. The number of hydrogen-bond donors (Lipinski definition) is 2. The molecule has 0 aliphatic carbocycles. The van der Waals surface area contributed by atoms with Gasteiger partial charge >= 0.3 is 12.0 Å². The number of nitrogens with one attached hydrogen (secondary N) is 1. The molecule has 0 bridgehead atoms. The van der Waals surface area contributed by atoms with Gasteiger partial charge in [0.15, 0.2) is 6.04 Å². The first kappa shape index (κ1) is 25.7. The second-order valence-corrected chi connectivity index (χ2v) is 9.57. The van der Waals surface area contributed by atoms with Gasteiger partial charge in [-0.25, -0.2) is 24.7 Å². The lowest BCUT2D eigenvalue weighted by molar-refractivity contribution is -0.139. The maximum absolute atomic E-state index is 12.8. The van der Waals surface area contributed by atoms with Crippen molar-refractivity contribution in [3.8, 4) is 27.8 Å². The number of aromatic nitrogens is 4. The third kappa shape index (κ3) is 6.13. The van der Waals surface area contributed by atoms with E-state index in [0.717, 1.165) is 32.5 Å². The highest BCUT2D eigenvalue weighted by atomic mass is 32.1. The first-order valence-electron chi connectivity index (χ1n) is 12.0. The number of pyridine rings is 1. The normalized spacial score (nSPS) is 11.5. The minimum atomic E-state index is -1.14. The average molecular weight is 538 g/mol. The van der Waals surface area contributed by atoms with Gasteiger partial charge in [0.25, 0.3) is 5.91 Å². The number of carbonyl (C=O) groups excluding carboxylic acids is 1. The van der Waals surface area contributed by atoms with Gasteiger partial charge in [0.05, 0.1) is 22.0 Å². The molecule has 3 aromatic heterocycles. The zero-order chi connectivity index (χ0) is 27.2. The molecule has 0 unspecified atom stereocenters. The Balaban J connectivity index is 1.30. The lowest BCUT2D eigenvalue weighted by Crippen LogP contribution is -2.33. The van der Waals surface area contributed by atoms with Gasteiger partial charge in [0, 0.05) is 23.5 Å². The number of carboxylic acid groups (broad SMARTS) is 1. The molecule has 0 aliphatic heterocycles. The molecule has 9 nitrogen and oxygen atoms in total. The van der Waals surface area contributed by atoms with Crippen LogP contribution in [0.25, 0.3) is 21.8 Å². The van der Waals surface area contributed by atoms with Crippen LogP contribution >= 0.6 is 11.3 Å². The predicted octanol–water partition coefficient (Wildman–Crippen LogP) is 5.11. The summed E-state index contributed by atoms with van der Waals surface area (Å²) >= 11 is 1.49. The van der Waals surface area contributed by atoms with E-state index < -0.39 is 17.9 Å². The monoisotopic (exact) mass is 537 g/mol. The largest absolute Gasteiger partial charge is 0.479 e. The molecule has 1 atom stereocenters. The zero-order valence-electron chi connectivity index (χ0n) is 20.8. The van der Waals surface area contributed by atoms with E-state index in [4.69, 9.17) is 9.72 Å². The number of amides is 1. The molecule has 1 amide bonds. The van der Waals surface area contributed by atoms with Gasteiger partial charge in [0.1, 0.15) is 11.6 Å². The van der Waals surface area contributed by atoms with Crippen molar-refractivity contribution in [1.82, 2.24) is 25.3 Å². The van der Waals surface area contributed by atoms with Crippen molar-refractivity contribution < 1.29 is 19.4 Å². The number of thiazole rings is 1. The number of aryl methyl sites for hydroxylation is 1. The number of carbonyl (C=O) groups is 2. The van der Waals surface area contributed by atoms with Gasteiger partial charge in [-0.2, -0.15) is 0 Å². The van der Waals surface area contributed by atoms with E-state index in [1.54, 1.807) is 73.1 Å². The molecule has 0 fully saturated rings. The van der Waals surface area contributed by atoms with Gasteiger partial charge < -0.3 is 15.2 Å². The highest BCUT2D eigenvalue weighted by molar-refractivity contribution is 7.15. The van der Waals surface area contributed by atoms with Crippen molar-refractivity contribution in [3.63, 3.8) is 0 Å². The summed E-state index contributed by atoms with van der Waals surface area (Å²) in [5.74, 6) is -1.61. The van der Waals surface area contributed by atoms with Crippen LogP contribution in [0.1, 0.15) is 32.7 Å². The molecule has 10 heteroatoms. The minimum Gasteiger partial charge on any atom is -0.479 e. The van der Waals surface area contributed by atoms with E-state index in [0.29, 0.717) is 17.1 Å². The molecular formula is C29H23N5O4S. The highest BCUT2D eigenvalue weighted by Crippen LogP contribution is 2.31. The Bertz CT molecular complexity index is 1590. The fraction of sp³-hybridized carbons (Fsp3) is 0.103. The van der Waals surface area contributed by atoms with Crippen molar-refractivity contribution in [2.45, 2.75) is 19.6 Å². The lowest BCUT2D eigenvalue weighted by Gasteiger charge is -2.15. The van der Waals surface area contributed by atoms with E-state index in [1.807, 2.05) is 25.1 Å². The van der Waals surface area contributed by atoms with E-state index in [1.165, 1.54) is 11.3 Å². The molecule has 0 aliphatic rings. The number of benzene rings is 2. The van der Waals surface area contributed by atoms with E-state index in [2.05, 4.69) is 20.3 Å². The SMILES string of the molecule is Cc1nc(COc2ncccn2)sc1-c1cccc(-c2ccc(C(=O)N[C@@H](C(=O)O)c3ccccc3)cc2)n1. The van der Waals surface area contributed by atoms with Crippen LogP contribution in [-0.2, 0) is 11.4 Å². The fourth-order valence-corrected chi connectivity index (χ4v) is 4.85. The maximum Gasteiger partial charge on any atom is 0.330 e. The van der Waals surface area contributed by atoms with E-state index in [-0.39, 0.29) is 6.61 Å². The second kappa shape index (κ2) is 11.6. The number of hydrogen-bond acceptors (Lipinski definition) is 8. The third-order valence-electron chi connectivity index (χ3n) is 5.79. The van der Waals surface area contributed by atoms with Crippen LogP contribution in [-0.4, -0.2) is 36.9 Å².